The molecule has 0 radical (unpaired) electrons. The van der Waals surface area contributed by atoms with Gasteiger partial charge in [0.15, 0.2) is 17.8 Å². The Hall–Kier alpha value is -1.94. The zero-order valence-corrected chi connectivity index (χ0v) is 18.4. The Labute approximate surface area is 189 Å². The van der Waals surface area contributed by atoms with Crippen LogP contribution in [0.15, 0.2) is 12.1 Å². The van der Waals surface area contributed by atoms with Crippen molar-refractivity contribution in [1.82, 2.24) is 0 Å². The average molecular weight is 478 g/mol. The van der Waals surface area contributed by atoms with Gasteiger partial charge in [-0.2, -0.15) is 0 Å². The van der Waals surface area contributed by atoms with Crippen molar-refractivity contribution >= 4 is 0 Å². The Morgan fingerprint density at radius 3 is 2.09 bits per heavy atom. The van der Waals surface area contributed by atoms with Crippen molar-refractivity contribution in [2.75, 3.05) is 41.2 Å². The lowest BCUT2D eigenvalue weighted by atomic mass is 9.99. The SMILES string of the molecule is COc1cc(O[C@H]2O[C@H](CO[C@H]3OC[C@@](O)(CO)[C@@H]3O)[C@@H](O)[C@H](O)[C@H]2O)cc(OC)c1OC. The maximum atomic E-state index is 10.3. The van der Waals surface area contributed by atoms with Crippen molar-refractivity contribution in [2.45, 2.75) is 48.7 Å². The Kier molecular flexibility index (Phi) is 8.21. The molecular weight excluding hydrogens is 448 g/mol. The normalized spacial score (nSPS) is 36.5. The molecule has 1 aromatic rings. The molecule has 0 bridgehead atoms. The van der Waals surface area contributed by atoms with Crippen LogP contribution in [0.2, 0.25) is 0 Å². The number of ether oxygens (including phenoxy) is 7. The lowest BCUT2D eigenvalue weighted by Crippen LogP contribution is -2.60. The lowest BCUT2D eigenvalue weighted by molar-refractivity contribution is -0.289. The molecule has 2 saturated heterocycles. The molecule has 0 amide bonds. The number of hydrogen-bond donors (Lipinski definition) is 6. The van der Waals surface area contributed by atoms with Gasteiger partial charge in [-0.25, -0.2) is 0 Å². The molecular formula is C20H30O13. The minimum atomic E-state index is -1.88. The molecule has 1 aromatic carbocycles. The summed E-state index contributed by atoms with van der Waals surface area (Å²) < 4.78 is 37.5. The van der Waals surface area contributed by atoms with E-state index in [4.69, 9.17) is 33.2 Å². The van der Waals surface area contributed by atoms with E-state index >= 15 is 0 Å². The van der Waals surface area contributed by atoms with Crippen LogP contribution in [0.3, 0.4) is 0 Å². The fraction of sp³-hybridized carbons (Fsp3) is 0.700. The topological polar surface area (TPSA) is 186 Å². The van der Waals surface area contributed by atoms with E-state index in [0.717, 1.165) is 0 Å². The van der Waals surface area contributed by atoms with Crippen LogP contribution in [0.1, 0.15) is 0 Å². The minimum Gasteiger partial charge on any atom is -0.493 e. The molecule has 33 heavy (non-hydrogen) atoms. The summed E-state index contributed by atoms with van der Waals surface area (Å²) in [4.78, 5) is 0. The maximum absolute atomic E-state index is 10.3. The molecule has 0 saturated carbocycles. The molecule has 2 aliphatic heterocycles. The van der Waals surface area contributed by atoms with Crippen molar-refractivity contribution in [3.05, 3.63) is 12.1 Å². The number of rotatable bonds is 9. The first-order valence-corrected chi connectivity index (χ1v) is 10.1. The zero-order chi connectivity index (χ0) is 24.3. The number of benzene rings is 1. The van der Waals surface area contributed by atoms with E-state index in [1.165, 1.54) is 33.5 Å². The smallest absolute Gasteiger partial charge is 0.229 e. The third-order valence-electron chi connectivity index (χ3n) is 5.56. The fourth-order valence-electron chi connectivity index (χ4n) is 3.54. The number of methoxy groups -OCH3 is 3. The van der Waals surface area contributed by atoms with Crippen LogP contribution in [0.5, 0.6) is 23.0 Å². The third-order valence-corrected chi connectivity index (χ3v) is 5.56. The Morgan fingerprint density at radius 1 is 0.939 bits per heavy atom. The van der Waals surface area contributed by atoms with Gasteiger partial charge in [-0.05, 0) is 0 Å². The van der Waals surface area contributed by atoms with E-state index in [2.05, 4.69) is 0 Å². The number of aliphatic hydroxyl groups excluding tert-OH is 5. The first kappa shape index (κ1) is 25.7. The quantitative estimate of drug-likeness (QED) is 0.216. The highest BCUT2D eigenvalue weighted by molar-refractivity contribution is 5.55. The predicted molar refractivity (Wildman–Crippen MR) is 107 cm³/mol. The summed E-state index contributed by atoms with van der Waals surface area (Å²) in [6, 6.07) is 2.91. The molecule has 2 heterocycles. The van der Waals surface area contributed by atoms with Gasteiger partial charge in [0, 0.05) is 12.1 Å². The van der Waals surface area contributed by atoms with E-state index in [0.29, 0.717) is 5.75 Å². The van der Waals surface area contributed by atoms with E-state index in [1.807, 2.05) is 0 Å². The molecule has 2 aliphatic rings. The Balaban J connectivity index is 1.71. The average Bonchev–Trinajstić information content (AvgIpc) is 3.11. The second-order valence-corrected chi connectivity index (χ2v) is 7.71. The van der Waals surface area contributed by atoms with E-state index in [9.17, 15) is 30.6 Å². The molecule has 0 aliphatic carbocycles. The van der Waals surface area contributed by atoms with Crippen molar-refractivity contribution in [2.24, 2.45) is 0 Å². The van der Waals surface area contributed by atoms with Gasteiger partial charge in [-0.1, -0.05) is 0 Å². The van der Waals surface area contributed by atoms with Crippen LogP contribution < -0.4 is 18.9 Å². The number of hydrogen-bond acceptors (Lipinski definition) is 13. The van der Waals surface area contributed by atoms with E-state index in [-0.39, 0.29) is 23.9 Å². The molecule has 3 rings (SSSR count). The van der Waals surface area contributed by atoms with Crippen LogP contribution in [-0.4, -0.2) is 120 Å². The van der Waals surface area contributed by atoms with Crippen molar-refractivity contribution in [3.8, 4) is 23.0 Å². The summed E-state index contributed by atoms with van der Waals surface area (Å²) in [5.74, 6) is 1.03. The van der Waals surface area contributed by atoms with E-state index < -0.39 is 61.9 Å². The maximum Gasteiger partial charge on any atom is 0.229 e. The molecule has 2 fully saturated rings. The summed E-state index contributed by atoms with van der Waals surface area (Å²) in [5, 5.41) is 60.2. The van der Waals surface area contributed by atoms with Crippen molar-refractivity contribution in [3.63, 3.8) is 0 Å². The third kappa shape index (κ3) is 5.11. The lowest BCUT2D eigenvalue weighted by Gasteiger charge is -2.40. The first-order chi connectivity index (χ1) is 15.7. The van der Waals surface area contributed by atoms with Gasteiger partial charge in [0.05, 0.1) is 41.2 Å². The highest BCUT2D eigenvalue weighted by Gasteiger charge is 2.50. The highest BCUT2D eigenvalue weighted by atomic mass is 16.7. The summed E-state index contributed by atoms with van der Waals surface area (Å²) in [7, 11) is 4.26. The van der Waals surface area contributed by atoms with Gasteiger partial charge in [-0.3, -0.25) is 0 Å². The summed E-state index contributed by atoms with van der Waals surface area (Å²) in [6.45, 7) is -1.51. The van der Waals surface area contributed by atoms with Crippen LogP contribution >= 0.6 is 0 Å². The van der Waals surface area contributed by atoms with Crippen LogP contribution in [0.25, 0.3) is 0 Å². The van der Waals surface area contributed by atoms with Gasteiger partial charge in [0.1, 0.15) is 41.9 Å². The van der Waals surface area contributed by atoms with Gasteiger partial charge >= 0.3 is 0 Å². The second-order valence-electron chi connectivity index (χ2n) is 7.71. The minimum absolute atomic E-state index is 0.152. The van der Waals surface area contributed by atoms with Crippen LogP contribution in [0, 0.1) is 0 Å². The first-order valence-electron chi connectivity index (χ1n) is 10.1. The molecule has 13 nitrogen and oxygen atoms in total. The summed E-state index contributed by atoms with van der Waals surface area (Å²) >= 11 is 0. The standard InChI is InChI=1S/C20H30O13/c1-27-10-4-9(5-11(28-2)16(10)29-3)32-18-15(24)14(23)13(22)12(33-18)6-30-19-17(25)20(26,7-21)8-31-19/h4-5,12-15,17-19,21-26H,6-8H2,1-3H3/t12-,13-,14+,15-,17-,18+,19+,20+/m1/s1. The van der Waals surface area contributed by atoms with Crippen molar-refractivity contribution in [1.29, 1.82) is 0 Å². The molecule has 8 atom stereocenters. The zero-order valence-electron chi connectivity index (χ0n) is 18.4. The van der Waals surface area contributed by atoms with Gasteiger partial charge in [0.2, 0.25) is 12.0 Å². The highest BCUT2D eigenvalue weighted by Crippen LogP contribution is 2.41. The molecule has 0 spiro atoms. The van der Waals surface area contributed by atoms with Crippen LogP contribution in [-0.2, 0) is 14.2 Å². The Morgan fingerprint density at radius 2 is 1.58 bits per heavy atom. The molecule has 188 valence electrons. The predicted octanol–water partition coefficient (Wildman–Crippen LogP) is -2.64. The summed E-state index contributed by atoms with van der Waals surface area (Å²) in [5.41, 5.74) is -1.88. The van der Waals surface area contributed by atoms with Crippen molar-refractivity contribution < 1.29 is 63.8 Å². The Bertz CT molecular complexity index is 766. The molecule has 0 aromatic heterocycles. The van der Waals surface area contributed by atoms with Crippen LogP contribution in [0.4, 0.5) is 0 Å². The molecule has 0 unspecified atom stereocenters. The van der Waals surface area contributed by atoms with Gasteiger partial charge < -0.3 is 63.8 Å². The fourth-order valence-corrected chi connectivity index (χ4v) is 3.54. The van der Waals surface area contributed by atoms with Gasteiger partial charge in [-0.15, -0.1) is 0 Å². The summed E-state index contributed by atoms with van der Waals surface area (Å²) in [6.07, 6.45) is -10.3. The van der Waals surface area contributed by atoms with Gasteiger partial charge in [0.25, 0.3) is 0 Å². The molecule has 13 heteroatoms. The molecule has 6 N–H and O–H groups in total. The largest absolute Gasteiger partial charge is 0.493 e. The second kappa shape index (κ2) is 10.5. The van der Waals surface area contributed by atoms with E-state index in [1.54, 1.807) is 0 Å². The monoisotopic (exact) mass is 478 g/mol. The number of aliphatic hydroxyl groups is 6.